The van der Waals surface area contributed by atoms with Crippen molar-refractivity contribution in [3.05, 3.63) is 42.4 Å². The lowest BCUT2D eigenvalue weighted by Crippen LogP contribution is -2.37. The number of urea groups is 1. The molecule has 0 radical (unpaired) electrons. The fourth-order valence-electron chi connectivity index (χ4n) is 3.97. The van der Waals surface area contributed by atoms with Crippen LogP contribution in [-0.2, 0) is 6.54 Å². The van der Waals surface area contributed by atoms with Gasteiger partial charge in [-0.05, 0) is 42.0 Å². The molecule has 2 heterocycles. The molecule has 2 atom stereocenters. The molecule has 6 nitrogen and oxygen atoms in total. The minimum absolute atomic E-state index is 0.0687. The molecule has 2 amide bonds. The Balaban J connectivity index is 1.25. The van der Waals surface area contributed by atoms with Gasteiger partial charge < -0.3 is 10.6 Å². The number of hydrogen-bond donors (Lipinski definition) is 2. The Morgan fingerprint density at radius 3 is 2.92 bits per heavy atom. The van der Waals surface area contributed by atoms with E-state index in [1.54, 1.807) is 17.1 Å². The third-order valence-electron chi connectivity index (χ3n) is 5.41. The molecule has 25 heavy (non-hydrogen) atoms. The van der Waals surface area contributed by atoms with Crippen molar-refractivity contribution in [2.75, 3.05) is 0 Å². The smallest absolute Gasteiger partial charge is 0.315 e. The number of hydrogen-bond acceptors (Lipinski definition) is 3. The summed E-state index contributed by atoms with van der Waals surface area (Å²) < 4.78 is 1.71. The number of aromatic nitrogens is 3. The maximum absolute atomic E-state index is 12.2. The second kappa shape index (κ2) is 7.25. The van der Waals surface area contributed by atoms with E-state index in [1.807, 2.05) is 24.4 Å². The van der Waals surface area contributed by atoms with Crippen LogP contribution in [-0.4, -0.2) is 26.8 Å². The van der Waals surface area contributed by atoms with Crippen LogP contribution in [0.1, 0.15) is 44.1 Å². The lowest BCUT2D eigenvalue weighted by Gasteiger charge is -2.21. The topological polar surface area (TPSA) is 71.8 Å². The molecule has 2 aromatic rings. The Labute approximate surface area is 148 Å². The summed E-state index contributed by atoms with van der Waals surface area (Å²) in [5.41, 5.74) is 1.01. The zero-order chi connectivity index (χ0) is 17.1. The second-order valence-electron chi connectivity index (χ2n) is 7.20. The molecular weight excluding hydrogens is 314 g/mol. The minimum Gasteiger partial charge on any atom is -0.335 e. The largest absolute Gasteiger partial charge is 0.335 e. The maximum atomic E-state index is 12.2. The van der Waals surface area contributed by atoms with Crippen molar-refractivity contribution in [1.29, 1.82) is 0 Å². The first-order valence-electron chi connectivity index (χ1n) is 9.29. The highest BCUT2D eigenvalue weighted by Crippen LogP contribution is 2.44. The summed E-state index contributed by atoms with van der Waals surface area (Å²) in [6.45, 7) is 0.490. The van der Waals surface area contributed by atoms with Gasteiger partial charge in [-0.15, -0.1) is 0 Å². The summed E-state index contributed by atoms with van der Waals surface area (Å²) in [6, 6.07) is 6.02. The molecule has 0 bridgehead atoms. The standard InChI is InChI=1S/C19H25N5O/c25-19(23-17-12-16(17)15-5-2-1-3-6-15)21-13-14-7-9-20-18(11-14)24-10-4-8-22-24/h4,7-11,15-17H,1-3,5-6,12-13H2,(H2,21,23,25)/t16-,17+/m0/s1. The van der Waals surface area contributed by atoms with Crippen LogP contribution in [0.15, 0.2) is 36.8 Å². The Morgan fingerprint density at radius 1 is 1.24 bits per heavy atom. The van der Waals surface area contributed by atoms with Crippen LogP contribution >= 0.6 is 0 Å². The van der Waals surface area contributed by atoms with E-state index in [2.05, 4.69) is 20.7 Å². The summed E-state index contributed by atoms with van der Waals surface area (Å²) >= 11 is 0. The van der Waals surface area contributed by atoms with Crippen LogP contribution in [0.3, 0.4) is 0 Å². The van der Waals surface area contributed by atoms with E-state index in [-0.39, 0.29) is 6.03 Å². The van der Waals surface area contributed by atoms with Gasteiger partial charge in [0.25, 0.3) is 0 Å². The zero-order valence-electron chi connectivity index (χ0n) is 14.4. The van der Waals surface area contributed by atoms with Gasteiger partial charge in [-0.1, -0.05) is 32.1 Å². The fraction of sp³-hybridized carbons (Fsp3) is 0.526. The molecule has 0 spiro atoms. The van der Waals surface area contributed by atoms with Crippen LogP contribution in [0, 0.1) is 11.8 Å². The third kappa shape index (κ3) is 4.00. The average Bonchev–Trinajstić information content (AvgIpc) is 3.19. The number of carbonyl (C=O) groups excluding carboxylic acids is 1. The molecule has 4 rings (SSSR count). The Bertz CT molecular complexity index is 708. The molecule has 0 aromatic carbocycles. The zero-order valence-corrected chi connectivity index (χ0v) is 14.4. The van der Waals surface area contributed by atoms with Crippen molar-refractivity contribution in [2.24, 2.45) is 11.8 Å². The van der Waals surface area contributed by atoms with Gasteiger partial charge in [-0.2, -0.15) is 5.10 Å². The Morgan fingerprint density at radius 2 is 2.12 bits per heavy atom. The van der Waals surface area contributed by atoms with Crippen LogP contribution in [0.5, 0.6) is 0 Å². The van der Waals surface area contributed by atoms with Gasteiger partial charge in [0, 0.05) is 31.2 Å². The maximum Gasteiger partial charge on any atom is 0.315 e. The molecule has 132 valence electrons. The highest BCUT2D eigenvalue weighted by Gasteiger charge is 2.43. The normalized spacial score (nSPS) is 23.2. The average molecular weight is 339 g/mol. The Hall–Kier alpha value is -2.37. The van der Waals surface area contributed by atoms with Crippen molar-refractivity contribution < 1.29 is 4.79 Å². The summed E-state index contributed by atoms with van der Waals surface area (Å²) in [4.78, 5) is 16.5. The summed E-state index contributed by atoms with van der Waals surface area (Å²) in [5.74, 6) is 2.29. The lowest BCUT2D eigenvalue weighted by atomic mass is 9.85. The first-order chi connectivity index (χ1) is 12.3. The van der Waals surface area contributed by atoms with Gasteiger partial charge in [0.1, 0.15) is 0 Å². The molecule has 2 fully saturated rings. The monoisotopic (exact) mass is 339 g/mol. The van der Waals surface area contributed by atoms with Crippen molar-refractivity contribution in [2.45, 2.75) is 51.1 Å². The number of rotatable bonds is 5. The van der Waals surface area contributed by atoms with E-state index in [4.69, 9.17) is 0 Å². The van der Waals surface area contributed by atoms with Gasteiger partial charge in [-0.25, -0.2) is 14.5 Å². The van der Waals surface area contributed by atoms with E-state index < -0.39 is 0 Å². The quantitative estimate of drug-likeness (QED) is 0.879. The van der Waals surface area contributed by atoms with Gasteiger partial charge in [-0.3, -0.25) is 0 Å². The summed E-state index contributed by atoms with van der Waals surface area (Å²) in [7, 11) is 0. The first kappa shape index (κ1) is 16.1. The number of nitrogens with zero attached hydrogens (tertiary/aromatic N) is 3. The fourth-order valence-corrected chi connectivity index (χ4v) is 3.97. The van der Waals surface area contributed by atoms with E-state index in [0.717, 1.165) is 23.7 Å². The van der Waals surface area contributed by atoms with Crippen LogP contribution in [0.2, 0.25) is 0 Å². The number of amides is 2. The molecule has 2 aromatic heterocycles. The molecule has 2 aliphatic carbocycles. The van der Waals surface area contributed by atoms with E-state index in [0.29, 0.717) is 18.5 Å². The minimum atomic E-state index is -0.0687. The van der Waals surface area contributed by atoms with E-state index in [9.17, 15) is 4.79 Å². The SMILES string of the molecule is O=C(NCc1ccnc(-n2cccn2)c1)N[C@@H]1C[C@H]1C1CCCCC1. The number of carbonyl (C=O) groups is 1. The predicted octanol–water partition coefficient (Wildman–Crippen LogP) is 3.04. The highest BCUT2D eigenvalue weighted by molar-refractivity contribution is 5.74. The highest BCUT2D eigenvalue weighted by atomic mass is 16.2. The van der Waals surface area contributed by atoms with Crippen LogP contribution in [0.25, 0.3) is 5.82 Å². The summed E-state index contributed by atoms with van der Waals surface area (Å²) in [5, 5.41) is 10.3. The molecule has 0 aliphatic heterocycles. The Kier molecular flexibility index (Phi) is 4.68. The molecule has 0 unspecified atom stereocenters. The summed E-state index contributed by atoms with van der Waals surface area (Å²) in [6.07, 6.45) is 13.3. The van der Waals surface area contributed by atoms with Crippen LogP contribution < -0.4 is 10.6 Å². The molecule has 6 heteroatoms. The molecule has 2 saturated carbocycles. The second-order valence-corrected chi connectivity index (χ2v) is 7.20. The van der Waals surface area contributed by atoms with Gasteiger partial charge >= 0.3 is 6.03 Å². The third-order valence-corrected chi connectivity index (χ3v) is 5.41. The van der Waals surface area contributed by atoms with Crippen molar-refractivity contribution in [3.8, 4) is 5.82 Å². The lowest BCUT2D eigenvalue weighted by molar-refractivity contribution is 0.237. The molecule has 2 aliphatic rings. The predicted molar refractivity (Wildman–Crippen MR) is 95.2 cm³/mol. The first-order valence-corrected chi connectivity index (χ1v) is 9.29. The number of nitrogens with one attached hydrogen (secondary N) is 2. The molecule has 2 N–H and O–H groups in total. The van der Waals surface area contributed by atoms with Crippen LogP contribution in [0.4, 0.5) is 4.79 Å². The van der Waals surface area contributed by atoms with Gasteiger partial charge in [0.2, 0.25) is 0 Å². The molecular formula is C19H25N5O. The van der Waals surface area contributed by atoms with Gasteiger partial charge in [0.05, 0.1) is 0 Å². The van der Waals surface area contributed by atoms with Crippen molar-refractivity contribution in [3.63, 3.8) is 0 Å². The van der Waals surface area contributed by atoms with E-state index in [1.165, 1.54) is 32.1 Å². The van der Waals surface area contributed by atoms with E-state index >= 15 is 0 Å². The van der Waals surface area contributed by atoms with Gasteiger partial charge in [0.15, 0.2) is 5.82 Å². The van der Waals surface area contributed by atoms with Crippen molar-refractivity contribution in [1.82, 2.24) is 25.4 Å². The van der Waals surface area contributed by atoms with Crippen molar-refractivity contribution >= 4 is 6.03 Å². The number of pyridine rings is 1. The molecule has 0 saturated heterocycles.